The van der Waals surface area contributed by atoms with E-state index in [1.54, 1.807) is 12.1 Å². The zero-order valence-corrected chi connectivity index (χ0v) is 12.2. The molecular weight excluding hydrogens is 263 g/mol. The Labute approximate surface area is 124 Å². The lowest BCUT2D eigenvalue weighted by atomic mass is 9.56. The molecule has 0 amide bonds. The third-order valence-electron chi connectivity index (χ3n) is 5.61. The normalized spacial score (nSPS) is 32.3. The van der Waals surface area contributed by atoms with Crippen LogP contribution in [-0.2, 0) is 0 Å². The topological polar surface area (TPSA) is 38.9 Å². The zero-order chi connectivity index (χ0) is 14.4. The first-order valence-corrected chi connectivity index (χ1v) is 7.95. The minimum absolute atomic E-state index is 0.172. The van der Waals surface area contributed by atoms with Crippen molar-refractivity contribution in [3.05, 3.63) is 41.8 Å². The molecular formula is C18H21FN2. The van der Waals surface area contributed by atoms with Gasteiger partial charge in [-0.25, -0.2) is 4.39 Å². The summed E-state index contributed by atoms with van der Waals surface area (Å²) in [6.45, 7) is 0. The van der Waals surface area contributed by atoms with E-state index in [0.717, 1.165) is 10.9 Å². The van der Waals surface area contributed by atoms with E-state index in [9.17, 15) is 4.39 Å². The molecule has 2 saturated carbocycles. The number of benzene rings is 1. The van der Waals surface area contributed by atoms with Crippen LogP contribution in [0.2, 0.25) is 0 Å². The van der Waals surface area contributed by atoms with E-state index in [4.69, 9.17) is 5.73 Å². The highest BCUT2D eigenvalue weighted by molar-refractivity contribution is 5.82. The second-order valence-corrected chi connectivity index (χ2v) is 7.00. The lowest BCUT2D eigenvalue weighted by Gasteiger charge is -2.50. The fraction of sp³-hybridized carbons (Fsp3) is 0.500. The molecule has 4 rings (SSSR count). The molecule has 1 spiro atoms. The van der Waals surface area contributed by atoms with E-state index >= 15 is 0 Å². The number of pyridine rings is 1. The number of nitrogens with zero attached hydrogens (tertiary/aromatic N) is 1. The lowest BCUT2D eigenvalue weighted by Crippen LogP contribution is -2.47. The van der Waals surface area contributed by atoms with Gasteiger partial charge in [0, 0.05) is 17.6 Å². The van der Waals surface area contributed by atoms with Crippen molar-refractivity contribution in [2.45, 2.75) is 50.5 Å². The Kier molecular flexibility index (Phi) is 3.00. The van der Waals surface area contributed by atoms with Crippen molar-refractivity contribution < 1.29 is 4.39 Å². The fourth-order valence-corrected chi connectivity index (χ4v) is 4.50. The van der Waals surface area contributed by atoms with E-state index in [-0.39, 0.29) is 5.82 Å². The maximum atomic E-state index is 13.6. The molecule has 0 atom stereocenters. The van der Waals surface area contributed by atoms with E-state index in [2.05, 4.69) is 11.1 Å². The van der Waals surface area contributed by atoms with Gasteiger partial charge in [-0.2, -0.15) is 0 Å². The minimum atomic E-state index is -0.172. The fourth-order valence-electron chi connectivity index (χ4n) is 4.50. The smallest absolute Gasteiger partial charge is 0.123 e. The lowest BCUT2D eigenvalue weighted by molar-refractivity contribution is 0.0485. The van der Waals surface area contributed by atoms with Crippen molar-refractivity contribution in [1.82, 2.24) is 4.98 Å². The molecule has 2 N–H and O–H groups in total. The highest BCUT2D eigenvalue weighted by Gasteiger charge is 2.44. The molecule has 1 heterocycles. The highest BCUT2D eigenvalue weighted by Crippen LogP contribution is 2.54. The first-order valence-electron chi connectivity index (χ1n) is 7.95. The van der Waals surface area contributed by atoms with Crippen LogP contribution in [0.25, 0.3) is 10.9 Å². The summed E-state index contributed by atoms with van der Waals surface area (Å²) in [5.74, 6) is 0.369. The number of aromatic nitrogens is 1. The zero-order valence-electron chi connectivity index (χ0n) is 12.2. The van der Waals surface area contributed by atoms with Gasteiger partial charge in [0.15, 0.2) is 0 Å². The molecule has 2 aliphatic rings. The van der Waals surface area contributed by atoms with Crippen molar-refractivity contribution in [2.75, 3.05) is 0 Å². The first kappa shape index (κ1) is 13.2. The maximum Gasteiger partial charge on any atom is 0.123 e. The van der Waals surface area contributed by atoms with Crippen LogP contribution in [0, 0.1) is 11.2 Å². The number of hydrogen-bond acceptors (Lipinski definition) is 2. The molecule has 1 aromatic carbocycles. The van der Waals surface area contributed by atoms with Crippen molar-refractivity contribution in [3.63, 3.8) is 0 Å². The van der Waals surface area contributed by atoms with Crippen LogP contribution in [0.15, 0.2) is 30.5 Å². The standard InChI is InChI=1S/C18H21FN2/c19-13-1-2-17-16(9-13)15(5-8-21-17)12-3-6-18(7-4-12)10-14(20)11-18/h1-2,5,8-9,12,14H,3-4,6-7,10-11,20H2/t12-,14-,18?. The van der Waals surface area contributed by atoms with E-state index in [0.29, 0.717) is 17.4 Å². The predicted molar refractivity (Wildman–Crippen MR) is 82.6 cm³/mol. The Morgan fingerprint density at radius 3 is 2.62 bits per heavy atom. The van der Waals surface area contributed by atoms with Gasteiger partial charge in [0.25, 0.3) is 0 Å². The minimum Gasteiger partial charge on any atom is -0.328 e. The van der Waals surface area contributed by atoms with Crippen LogP contribution < -0.4 is 5.73 Å². The van der Waals surface area contributed by atoms with Crippen LogP contribution in [0.1, 0.15) is 50.0 Å². The molecule has 110 valence electrons. The molecule has 2 aromatic rings. The number of fused-ring (bicyclic) bond motifs is 1. The van der Waals surface area contributed by atoms with Crippen molar-refractivity contribution in [1.29, 1.82) is 0 Å². The molecule has 2 aliphatic carbocycles. The van der Waals surface area contributed by atoms with Gasteiger partial charge in [0.2, 0.25) is 0 Å². The van der Waals surface area contributed by atoms with E-state index < -0.39 is 0 Å². The van der Waals surface area contributed by atoms with Crippen molar-refractivity contribution in [2.24, 2.45) is 11.1 Å². The maximum absolute atomic E-state index is 13.6. The van der Waals surface area contributed by atoms with E-state index in [1.807, 2.05) is 6.20 Å². The molecule has 2 fully saturated rings. The number of halogens is 1. The largest absolute Gasteiger partial charge is 0.328 e. The monoisotopic (exact) mass is 284 g/mol. The second kappa shape index (κ2) is 4.77. The van der Waals surface area contributed by atoms with Gasteiger partial charge in [0.1, 0.15) is 5.82 Å². The summed E-state index contributed by atoms with van der Waals surface area (Å²) in [6, 6.07) is 7.42. The first-order chi connectivity index (χ1) is 10.2. The molecule has 21 heavy (non-hydrogen) atoms. The number of rotatable bonds is 1. The van der Waals surface area contributed by atoms with Crippen LogP contribution in [0.5, 0.6) is 0 Å². The summed E-state index contributed by atoms with van der Waals surface area (Å²) < 4.78 is 13.6. The van der Waals surface area contributed by atoms with Gasteiger partial charge in [-0.3, -0.25) is 4.98 Å². The Bertz CT molecular complexity index is 666. The molecule has 2 nitrogen and oxygen atoms in total. The highest BCUT2D eigenvalue weighted by atomic mass is 19.1. The quantitative estimate of drug-likeness (QED) is 0.854. The summed E-state index contributed by atoms with van der Waals surface area (Å²) in [6.07, 6.45) is 9.19. The van der Waals surface area contributed by atoms with Gasteiger partial charge in [0.05, 0.1) is 5.52 Å². The molecule has 3 heteroatoms. The Morgan fingerprint density at radius 2 is 1.90 bits per heavy atom. The average Bonchev–Trinajstić information content (AvgIpc) is 2.46. The van der Waals surface area contributed by atoms with Crippen molar-refractivity contribution in [3.8, 4) is 0 Å². The third kappa shape index (κ3) is 2.24. The van der Waals surface area contributed by atoms with Crippen LogP contribution in [0.3, 0.4) is 0 Å². The van der Waals surface area contributed by atoms with E-state index in [1.165, 1.54) is 50.2 Å². The second-order valence-electron chi connectivity index (χ2n) is 7.00. The molecule has 0 radical (unpaired) electrons. The summed E-state index contributed by atoms with van der Waals surface area (Å²) in [4.78, 5) is 4.36. The van der Waals surface area contributed by atoms with Gasteiger partial charge in [-0.15, -0.1) is 0 Å². The van der Waals surface area contributed by atoms with Gasteiger partial charge in [-0.05, 0) is 79.7 Å². The van der Waals surface area contributed by atoms with Gasteiger partial charge >= 0.3 is 0 Å². The summed E-state index contributed by atoms with van der Waals surface area (Å²) >= 11 is 0. The van der Waals surface area contributed by atoms with Gasteiger partial charge < -0.3 is 5.73 Å². The molecule has 0 unspecified atom stereocenters. The molecule has 0 aliphatic heterocycles. The van der Waals surface area contributed by atoms with Gasteiger partial charge in [-0.1, -0.05) is 0 Å². The van der Waals surface area contributed by atoms with Crippen LogP contribution >= 0.6 is 0 Å². The SMILES string of the molecule is N[C@H]1CC2(CC[C@@H](c3ccnc4ccc(F)cc43)CC2)C1. The number of nitrogens with two attached hydrogens (primary N) is 1. The number of hydrogen-bond donors (Lipinski definition) is 1. The third-order valence-corrected chi connectivity index (χ3v) is 5.61. The summed E-state index contributed by atoms with van der Waals surface area (Å²) in [5.41, 5.74) is 8.68. The Morgan fingerprint density at radius 1 is 1.14 bits per heavy atom. The van der Waals surface area contributed by atoms with Crippen LogP contribution in [0.4, 0.5) is 4.39 Å². The molecule has 0 bridgehead atoms. The Hall–Kier alpha value is -1.48. The molecule has 0 saturated heterocycles. The average molecular weight is 284 g/mol. The summed E-state index contributed by atoms with van der Waals surface area (Å²) in [5, 5.41) is 0.990. The molecule has 1 aromatic heterocycles. The van der Waals surface area contributed by atoms with Crippen LogP contribution in [-0.4, -0.2) is 11.0 Å². The summed E-state index contributed by atoms with van der Waals surface area (Å²) in [7, 11) is 0. The van der Waals surface area contributed by atoms with Crippen molar-refractivity contribution >= 4 is 10.9 Å². The Balaban J connectivity index is 1.61. The predicted octanol–water partition coefficient (Wildman–Crippen LogP) is 4.14.